The monoisotopic (exact) mass is 521 g/mol. The van der Waals surface area contributed by atoms with Crippen LogP contribution >= 0.6 is 0 Å². The molecule has 3 aromatic rings. The highest BCUT2D eigenvalue weighted by Gasteiger charge is 2.27. The lowest BCUT2D eigenvalue weighted by Crippen LogP contribution is -2.49. The molecule has 0 atom stereocenters. The number of fused-ring (bicyclic) bond motifs is 4. The van der Waals surface area contributed by atoms with Crippen molar-refractivity contribution in [3.8, 4) is 0 Å². The lowest BCUT2D eigenvalue weighted by Gasteiger charge is -2.31. The quantitative estimate of drug-likeness (QED) is 0.399. The van der Waals surface area contributed by atoms with Gasteiger partial charge in [-0.3, -0.25) is 19.3 Å². The van der Waals surface area contributed by atoms with E-state index in [0.29, 0.717) is 26.2 Å². The molecule has 0 unspecified atom stereocenters. The summed E-state index contributed by atoms with van der Waals surface area (Å²) >= 11 is 0. The Morgan fingerprint density at radius 3 is 2.76 bits per heavy atom. The highest BCUT2D eigenvalue weighted by Crippen LogP contribution is 2.29. The lowest BCUT2D eigenvalue weighted by atomic mass is 10.1. The van der Waals surface area contributed by atoms with E-state index in [1.54, 1.807) is 23.0 Å². The minimum atomic E-state index is -0.279. The minimum absolute atomic E-state index is 0.0323. The molecule has 0 saturated carbocycles. The maximum Gasteiger partial charge on any atom is 0.256 e. The number of aryl methyl sites for hydroxylation is 3. The van der Waals surface area contributed by atoms with E-state index in [4.69, 9.17) is 5.10 Å². The summed E-state index contributed by atoms with van der Waals surface area (Å²) < 4.78 is 15.7. The Kier molecular flexibility index (Phi) is 7.62. The number of hydrogen-bond donors (Lipinski definition) is 2. The van der Waals surface area contributed by atoms with Gasteiger partial charge in [0.2, 0.25) is 5.91 Å². The summed E-state index contributed by atoms with van der Waals surface area (Å²) in [6.45, 7) is 7.83. The zero-order valence-corrected chi connectivity index (χ0v) is 22.4. The van der Waals surface area contributed by atoms with Gasteiger partial charge in [-0.05, 0) is 67.3 Å². The Morgan fingerprint density at radius 2 is 1.95 bits per heavy atom. The zero-order chi connectivity index (χ0) is 26.8. The van der Waals surface area contributed by atoms with Crippen molar-refractivity contribution in [3.05, 3.63) is 58.5 Å². The Morgan fingerprint density at radius 1 is 1.13 bits per heavy atom. The van der Waals surface area contributed by atoms with E-state index in [1.165, 1.54) is 23.2 Å². The van der Waals surface area contributed by atoms with Crippen molar-refractivity contribution in [2.45, 2.75) is 46.3 Å². The molecule has 2 aromatic carbocycles. The Hall–Kier alpha value is -3.50. The van der Waals surface area contributed by atoms with Crippen molar-refractivity contribution in [1.29, 1.82) is 0 Å². The molecule has 1 aromatic heterocycles. The maximum absolute atomic E-state index is 13.6. The van der Waals surface area contributed by atoms with E-state index >= 15 is 0 Å². The molecule has 202 valence electrons. The summed E-state index contributed by atoms with van der Waals surface area (Å²) in [4.78, 5) is 28.1. The number of rotatable bonds is 10. The maximum atomic E-state index is 13.6. The molecule has 0 aliphatic carbocycles. The van der Waals surface area contributed by atoms with Crippen molar-refractivity contribution in [3.63, 3.8) is 0 Å². The molecule has 2 aliphatic heterocycles. The van der Waals surface area contributed by atoms with Crippen LogP contribution in [-0.4, -0.2) is 76.3 Å². The number of amides is 2. The van der Waals surface area contributed by atoms with Gasteiger partial charge in [-0.1, -0.05) is 13.0 Å². The van der Waals surface area contributed by atoms with Crippen LogP contribution in [0.3, 0.4) is 0 Å². The van der Waals surface area contributed by atoms with Gasteiger partial charge < -0.3 is 15.5 Å². The first-order valence-electron chi connectivity index (χ1n) is 13.3. The second-order valence-corrected chi connectivity index (χ2v) is 10.1. The molecule has 9 nitrogen and oxygen atoms in total. The molecular formula is C28H36FN7O2. The van der Waals surface area contributed by atoms with Crippen LogP contribution in [0, 0.1) is 12.7 Å². The SMILES string of the molecule is CCNCCN(CC(=O)N(C)N1Cc2ccc(F)cc2C1)C(=O)CNc1cc2nn3c(c2cc1C)CCC3. The fourth-order valence-corrected chi connectivity index (χ4v) is 5.32. The van der Waals surface area contributed by atoms with Crippen LogP contribution in [0.4, 0.5) is 10.1 Å². The molecule has 0 spiro atoms. The molecule has 0 bridgehead atoms. The number of benzene rings is 2. The molecular weight excluding hydrogens is 485 g/mol. The summed E-state index contributed by atoms with van der Waals surface area (Å²) in [6, 6.07) is 8.88. The largest absolute Gasteiger partial charge is 0.376 e. The van der Waals surface area contributed by atoms with E-state index in [1.807, 2.05) is 24.9 Å². The average Bonchev–Trinajstić information content (AvgIpc) is 3.61. The molecule has 5 rings (SSSR count). The van der Waals surface area contributed by atoms with E-state index in [-0.39, 0.29) is 30.7 Å². The number of anilines is 1. The van der Waals surface area contributed by atoms with Gasteiger partial charge in [0.25, 0.3) is 5.91 Å². The number of hydrazine groups is 1. The number of carbonyl (C=O) groups excluding carboxylic acids is 2. The van der Waals surface area contributed by atoms with E-state index in [2.05, 4.69) is 21.4 Å². The van der Waals surface area contributed by atoms with Crippen molar-refractivity contribution in [2.24, 2.45) is 0 Å². The number of nitrogens with zero attached hydrogens (tertiary/aromatic N) is 5. The molecule has 3 heterocycles. The minimum Gasteiger partial charge on any atom is -0.376 e. The van der Waals surface area contributed by atoms with Crippen molar-refractivity contribution < 1.29 is 14.0 Å². The van der Waals surface area contributed by atoms with E-state index < -0.39 is 0 Å². The van der Waals surface area contributed by atoms with Gasteiger partial charge >= 0.3 is 0 Å². The molecule has 0 radical (unpaired) electrons. The molecule has 0 saturated heterocycles. The van der Waals surface area contributed by atoms with Crippen LogP contribution in [0.2, 0.25) is 0 Å². The molecule has 2 N–H and O–H groups in total. The second kappa shape index (κ2) is 11.1. The van der Waals surface area contributed by atoms with Gasteiger partial charge in [-0.25, -0.2) is 9.40 Å². The average molecular weight is 522 g/mol. The van der Waals surface area contributed by atoms with Crippen LogP contribution in [0.1, 0.15) is 35.7 Å². The Balaban J connectivity index is 1.23. The summed E-state index contributed by atoms with van der Waals surface area (Å²) in [6.07, 6.45) is 2.18. The molecule has 2 amide bonds. The van der Waals surface area contributed by atoms with Gasteiger partial charge in [0.15, 0.2) is 0 Å². The molecule has 2 aliphatic rings. The number of halogens is 1. The smallest absolute Gasteiger partial charge is 0.256 e. The van der Waals surface area contributed by atoms with Gasteiger partial charge in [0.05, 0.1) is 12.1 Å². The molecule has 10 heteroatoms. The fourth-order valence-electron chi connectivity index (χ4n) is 5.32. The number of carbonyl (C=O) groups is 2. The highest BCUT2D eigenvalue weighted by atomic mass is 19.1. The fraction of sp³-hybridized carbons (Fsp3) is 0.464. The number of aromatic nitrogens is 2. The number of nitrogens with one attached hydrogen (secondary N) is 2. The predicted octanol–water partition coefficient (Wildman–Crippen LogP) is 2.67. The standard InChI is InChI=1S/C28H36FN7O2/c1-4-30-9-11-34(18-28(38)33(3)35-16-20-7-8-22(29)13-21(20)17-35)27(37)15-31-24-14-25-23(12-19(24)2)26-6-5-10-36(26)32-25/h7-8,12-14,30-31H,4-6,9-11,15-18H2,1-3H3. The van der Waals surface area contributed by atoms with Crippen LogP contribution in [0.25, 0.3) is 10.9 Å². The van der Waals surface area contributed by atoms with Gasteiger partial charge in [0.1, 0.15) is 12.4 Å². The third kappa shape index (κ3) is 5.37. The predicted molar refractivity (Wildman–Crippen MR) is 145 cm³/mol. The van der Waals surface area contributed by atoms with Gasteiger partial charge in [-0.15, -0.1) is 0 Å². The lowest BCUT2D eigenvalue weighted by molar-refractivity contribution is -0.151. The van der Waals surface area contributed by atoms with E-state index in [9.17, 15) is 14.0 Å². The first kappa shape index (κ1) is 26.1. The first-order chi connectivity index (χ1) is 18.3. The first-order valence-corrected chi connectivity index (χ1v) is 13.3. The third-order valence-electron chi connectivity index (χ3n) is 7.55. The summed E-state index contributed by atoms with van der Waals surface area (Å²) in [5.41, 5.74) is 6.05. The van der Waals surface area contributed by atoms with Crippen molar-refractivity contribution in [1.82, 2.24) is 30.0 Å². The van der Waals surface area contributed by atoms with Crippen molar-refractivity contribution in [2.75, 3.05) is 45.1 Å². The number of likely N-dealkylation sites (N-methyl/N-ethyl adjacent to an activating group) is 2. The summed E-state index contributed by atoms with van der Waals surface area (Å²) in [5.74, 6) is -0.616. The zero-order valence-electron chi connectivity index (χ0n) is 22.4. The van der Waals surface area contributed by atoms with Crippen molar-refractivity contribution >= 4 is 28.4 Å². The normalized spacial score (nSPS) is 14.5. The van der Waals surface area contributed by atoms with Crippen LogP contribution < -0.4 is 10.6 Å². The van der Waals surface area contributed by atoms with Crippen LogP contribution in [-0.2, 0) is 35.6 Å². The summed E-state index contributed by atoms with van der Waals surface area (Å²) in [7, 11) is 1.70. The number of hydrogen-bond acceptors (Lipinski definition) is 6. The molecule has 0 fully saturated rings. The highest BCUT2D eigenvalue weighted by molar-refractivity contribution is 5.89. The van der Waals surface area contributed by atoms with Crippen LogP contribution in [0.5, 0.6) is 0 Å². The Labute approximate surface area is 222 Å². The second-order valence-electron chi connectivity index (χ2n) is 10.1. The van der Waals surface area contributed by atoms with Crippen LogP contribution in [0.15, 0.2) is 30.3 Å². The Bertz CT molecular complexity index is 1350. The van der Waals surface area contributed by atoms with Gasteiger partial charge in [-0.2, -0.15) is 5.10 Å². The van der Waals surface area contributed by atoms with Gasteiger partial charge in [0, 0.05) is 56.5 Å². The summed E-state index contributed by atoms with van der Waals surface area (Å²) in [5, 5.41) is 15.8. The molecule has 38 heavy (non-hydrogen) atoms. The third-order valence-corrected chi connectivity index (χ3v) is 7.55. The van der Waals surface area contributed by atoms with E-state index in [0.717, 1.165) is 53.8 Å². The topological polar surface area (TPSA) is 85.7 Å².